The molecule has 12 heteroatoms. The first-order chi connectivity index (χ1) is 14.9. The average molecular weight is 429 g/mol. The molecule has 1 fully saturated rings. The lowest BCUT2D eigenvalue weighted by Crippen LogP contribution is -2.51. The summed E-state index contributed by atoms with van der Waals surface area (Å²) in [5, 5.41) is 10.4. The molecule has 5 heterocycles. The zero-order valence-electron chi connectivity index (χ0n) is 16.4. The maximum Gasteiger partial charge on any atom is 0.434 e. The summed E-state index contributed by atoms with van der Waals surface area (Å²) in [4.78, 5) is 18.7. The molecule has 1 saturated heterocycles. The van der Waals surface area contributed by atoms with Crippen LogP contribution in [0.3, 0.4) is 0 Å². The summed E-state index contributed by atoms with van der Waals surface area (Å²) in [6.07, 6.45) is 4.11. The summed E-state index contributed by atoms with van der Waals surface area (Å²) in [6.45, 7) is 3.55. The highest BCUT2D eigenvalue weighted by Crippen LogP contribution is 2.32. The van der Waals surface area contributed by atoms with E-state index in [9.17, 15) is 13.2 Å². The monoisotopic (exact) mass is 429 g/mol. The van der Waals surface area contributed by atoms with Gasteiger partial charge in [-0.2, -0.15) is 18.3 Å². The summed E-state index contributed by atoms with van der Waals surface area (Å²) in [7, 11) is 0. The lowest BCUT2D eigenvalue weighted by molar-refractivity contribution is -0.141. The summed E-state index contributed by atoms with van der Waals surface area (Å²) in [6, 6.07) is 1.92. The van der Waals surface area contributed by atoms with Crippen molar-refractivity contribution in [3.63, 3.8) is 0 Å². The lowest BCUT2D eigenvalue weighted by atomic mass is 9.99. The van der Waals surface area contributed by atoms with E-state index in [-0.39, 0.29) is 23.6 Å². The predicted molar refractivity (Wildman–Crippen MR) is 105 cm³/mol. The molecule has 0 aliphatic carbocycles. The van der Waals surface area contributed by atoms with E-state index in [1.165, 1.54) is 10.6 Å². The van der Waals surface area contributed by atoms with Crippen LogP contribution >= 0.6 is 0 Å². The van der Waals surface area contributed by atoms with Gasteiger partial charge in [0.15, 0.2) is 17.2 Å². The number of nitrogens with one attached hydrogen (secondary N) is 2. The van der Waals surface area contributed by atoms with E-state index >= 15 is 0 Å². The van der Waals surface area contributed by atoms with Crippen LogP contribution < -0.4 is 10.2 Å². The highest BCUT2D eigenvalue weighted by Gasteiger charge is 2.34. The van der Waals surface area contributed by atoms with Gasteiger partial charge in [0.1, 0.15) is 11.5 Å². The number of anilines is 1. The first kappa shape index (κ1) is 19.4. The quantitative estimate of drug-likeness (QED) is 0.516. The molecule has 0 saturated carbocycles. The number of fused-ring (bicyclic) bond motifs is 1. The Morgan fingerprint density at radius 3 is 2.77 bits per heavy atom. The molecule has 1 aliphatic heterocycles. The van der Waals surface area contributed by atoms with Crippen LogP contribution in [0.2, 0.25) is 0 Å². The van der Waals surface area contributed by atoms with Gasteiger partial charge in [-0.25, -0.2) is 19.9 Å². The molecule has 0 spiro atoms. The number of H-pyrrole nitrogens is 1. The van der Waals surface area contributed by atoms with Crippen LogP contribution in [-0.4, -0.2) is 53.7 Å². The van der Waals surface area contributed by atoms with Gasteiger partial charge in [0.25, 0.3) is 0 Å². The first-order valence-electron chi connectivity index (χ1n) is 9.64. The fraction of sp³-hybridized carbons (Fsp3) is 0.316. The van der Waals surface area contributed by atoms with Gasteiger partial charge in [-0.1, -0.05) is 0 Å². The second-order valence-corrected chi connectivity index (χ2v) is 7.29. The smallest absolute Gasteiger partial charge is 0.346 e. The number of rotatable bonds is 3. The third-order valence-electron chi connectivity index (χ3n) is 5.34. The Balaban J connectivity index is 1.56. The second-order valence-electron chi connectivity index (χ2n) is 7.29. The lowest BCUT2D eigenvalue weighted by Gasteiger charge is -2.41. The van der Waals surface area contributed by atoms with Crippen molar-refractivity contribution in [3.05, 3.63) is 54.5 Å². The van der Waals surface area contributed by atoms with Gasteiger partial charge in [0.05, 0.1) is 24.6 Å². The molecule has 0 aromatic carbocycles. The summed E-state index contributed by atoms with van der Waals surface area (Å²) < 4.78 is 40.7. The van der Waals surface area contributed by atoms with Crippen molar-refractivity contribution in [1.82, 2.24) is 39.9 Å². The molecule has 1 aliphatic rings. The zero-order chi connectivity index (χ0) is 21.6. The zero-order valence-corrected chi connectivity index (χ0v) is 16.4. The molecule has 4 aromatic rings. The Hall–Kier alpha value is -3.54. The molecular weight excluding hydrogens is 411 g/mol. The van der Waals surface area contributed by atoms with Gasteiger partial charge in [0, 0.05) is 43.3 Å². The second kappa shape index (κ2) is 7.30. The molecule has 9 nitrogen and oxygen atoms in total. The van der Waals surface area contributed by atoms with E-state index in [4.69, 9.17) is 0 Å². The van der Waals surface area contributed by atoms with Crippen molar-refractivity contribution < 1.29 is 13.2 Å². The number of aromatic amines is 1. The van der Waals surface area contributed by atoms with Crippen molar-refractivity contribution in [2.45, 2.75) is 25.2 Å². The molecule has 2 unspecified atom stereocenters. The van der Waals surface area contributed by atoms with E-state index in [1.807, 2.05) is 6.20 Å². The van der Waals surface area contributed by atoms with Crippen molar-refractivity contribution >= 4 is 11.5 Å². The van der Waals surface area contributed by atoms with E-state index in [0.29, 0.717) is 18.1 Å². The summed E-state index contributed by atoms with van der Waals surface area (Å²) in [5.41, 5.74) is 0.638. The minimum atomic E-state index is -4.56. The number of imidazole rings is 1. The molecule has 0 amide bonds. The number of alkyl halides is 3. The van der Waals surface area contributed by atoms with E-state index in [1.54, 1.807) is 18.5 Å². The molecule has 0 bridgehead atoms. The molecule has 160 valence electrons. The third kappa shape index (κ3) is 3.48. The van der Waals surface area contributed by atoms with Crippen LogP contribution in [-0.2, 0) is 6.18 Å². The largest absolute Gasteiger partial charge is 0.434 e. The van der Waals surface area contributed by atoms with Crippen molar-refractivity contribution in [3.8, 4) is 11.5 Å². The predicted octanol–water partition coefficient (Wildman–Crippen LogP) is 2.47. The molecule has 31 heavy (non-hydrogen) atoms. The number of nitrogens with zero attached hydrogens (tertiary/aromatic N) is 7. The van der Waals surface area contributed by atoms with Gasteiger partial charge in [-0.15, -0.1) is 0 Å². The highest BCUT2D eigenvalue weighted by atomic mass is 19.4. The molecule has 2 atom stereocenters. The minimum Gasteiger partial charge on any atom is -0.346 e. The van der Waals surface area contributed by atoms with Crippen molar-refractivity contribution in [2.24, 2.45) is 0 Å². The van der Waals surface area contributed by atoms with Gasteiger partial charge in [-0.05, 0) is 13.0 Å². The van der Waals surface area contributed by atoms with Crippen molar-refractivity contribution in [2.75, 3.05) is 18.0 Å². The Morgan fingerprint density at radius 1 is 1.13 bits per heavy atom. The number of aromatic nitrogens is 7. The summed E-state index contributed by atoms with van der Waals surface area (Å²) in [5.74, 6) is 0.950. The van der Waals surface area contributed by atoms with Crippen LogP contribution in [0.1, 0.15) is 24.2 Å². The Morgan fingerprint density at radius 2 is 2.00 bits per heavy atom. The Labute approximate surface area is 174 Å². The third-order valence-corrected chi connectivity index (χ3v) is 5.34. The van der Waals surface area contributed by atoms with E-state index < -0.39 is 11.9 Å². The number of piperazine rings is 1. The molecular formula is C19H18F3N9. The Kier molecular flexibility index (Phi) is 4.58. The number of halogens is 3. The van der Waals surface area contributed by atoms with Crippen LogP contribution in [0.4, 0.5) is 19.0 Å². The van der Waals surface area contributed by atoms with Crippen LogP contribution in [0, 0.1) is 0 Å². The normalized spacial score (nSPS) is 19.8. The van der Waals surface area contributed by atoms with Crippen molar-refractivity contribution in [1.29, 1.82) is 0 Å². The maximum absolute atomic E-state index is 13.1. The summed E-state index contributed by atoms with van der Waals surface area (Å²) >= 11 is 0. The van der Waals surface area contributed by atoms with Crippen LogP contribution in [0.5, 0.6) is 0 Å². The molecule has 5 rings (SSSR count). The SMILES string of the molecule is CC1NCCN(c2ccnc(-c3cnc4cnc(C(F)(F)F)cn34)n2)C1c1cn[nH]c1. The fourth-order valence-electron chi connectivity index (χ4n) is 3.92. The van der Waals surface area contributed by atoms with Gasteiger partial charge < -0.3 is 10.2 Å². The van der Waals surface area contributed by atoms with E-state index in [2.05, 4.69) is 47.3 Å². The first-order valence-corrected chi connectivity index (χ1v) is 9.64. The number of hydrogen-bond acceptors (Lipinski definition) is 7. The highest BCUT2D eigenvalue weighted by molar-refractivity contribution is 5.58. The standard InChI is InChI=1S/C19H18F3N9/c1-11-17(12-6-27-28-7-12)30(5-4-23-11)15-2-3-24-18(29-15)13-8-26-16-9-25-14(10-31(13)16)19(20,21)22/h2-3,6-11,17,23H,4-5H2,1H3,(H,27,28). The Bertz CT molecular complexity index is 1200. The van der Waals surface area contributed by atoms with Gasteiger partial charge in [-0.3, -0.25) is 9.50 Å². The molecule has 2 N–H and O–H groups in total. The van der Waals surface area contributed by atoms with Crippen LogP contribution in [0.25, 0.3) is 17.2 Å². The average Bonchev–Trinajstić information content (AvgIpc) is 3.42. The van der Waals surface area contributed by atoms with Crippen LogP contribution in [0.15, 0.2) is 43.2 Å². The minimum absolute atomic E-state index is 0.0153. The topological polar surface area (TPSA) is 99.9 Å². The van der Waals surface area contributed by atoms with E-state index in [0.717, 1.165) is 24.5 Å². The fourth-order valence-corrected chi connectivity index (χ4v) is 3.92. The molecule has 4 aromatic heterocycles. The van der Waals surface area contributed by atoms with Gasteiger partial charge in [0.2, 0.25) is 0 Å². The number of hydrogen-bond donors (Lipinski definition) is 2. The molecule has 0 radical (unpaired) electrons. The maximum atomic E-state index is 13.1. The van der Waals surface area contributed by atoms with Gasteiger partial charge >= 0.3 is 6.18 Å².